The van der Waals surface area contributed by atoms with E-state index in [4.69, 9.17) is 28.7 Å². The molecule has 1 aliphatic heterocycles. The van der Waals surface area contributed by atoms with Crippen LogP contribution in [-0.2, 0) is 38.4 Å². The lowest BCUT2D eigenvalue weighted by atomic mass is 10.0. The predicted molar refractivity (Wildman–Crippen MR) is 307 cm³/mol. The maximum atomic E-state index is 14.4. The van der Waals surface area contributed by atoms with Crippen LogP contribution in [0, 0.1) is 0 Å². The summed E-state index contributed by atoms with van der Waals surface area (Å²) in [5.41, 5.74) is 28.9. The van der Waals surface area contributed by atoms with Crippen molar-refractivity contribution in [3.8, 4) is 0 Å². The number of hydrogen-bond acceptors (Lipinski definition) is 14. The van der Waals surface area contributed by atoms with Gasteiger partial charge in [-0.1, -0.05) is 90.4 Å². The van der Waals surface area contributed by atoms with E-state index in [9.17, 15) is 43.5 Å². The van der Waals surface area contributed by atoms with Crippen LogP contribution in [0.2, 0.25) is 0 Å². The normalized spacial score (nSPS) is 19.9. The SMILES string of the molecule is CCCCCCCCCCCCCCCC(O)CC(=O)NCC(=O)NC(CCCCN)C(=O)NC1CCCCNC(=O)C(CCCCN)NC(=O)C(CCCCN)NC(=O)C(CCCCN)NC(=O)C(CCCCN)NC1=O. The summed E-state index contributed by atoms with van der Waals surface area (Å²) in [6.07, 6.45) is 22.1. The number of amides is 8. The van der Waals surface area contributed by atoms with Gasteiger partial charge in [-0.25, -0.2) is 0 Å². The Morgan fingerprint density at radius 2 is 0.897 bits per heavy atom. The van der Waals surface area contributed by atoms with Crippen molar-refractivity contribution in [2.45, 2.75) is 261 Å². The molecule has 22 heteroatoms. The third kappa shape index (κ3) is 35.2. The van der Waals surface area contributed by atoms with Crippen molar-refractivity contribution in [2.75, 3.05) is 45.8 Å². The highest BCUT2D eigenvalue weighted by atomic mass is 16.3. The number of nitrogens with two attached hydrogens (primary N) is 5. The second-order valence-corrected chi connectivity index (χ2v) is 21.3. The molecule has 22 nitrogen and oxygen atoms in total. The lowest BCUT2D eigenvalue weighted by Crippen LogP contribution is -2.59. The molecule has 1 saturated heterocycles. The maximum absolute atomic E-state index is 14.4. The quantitative estimate of drug-likeness (QED) is 0.0391. The van der Waals surface area contributed by atoms with Gasteiger partial charge in [0, 0.05) is 6.54 Å². The average Bonchev–Trinajstić information content (AvgIpc) is 3.42. The van der Waals surface area contributed by atoms with Gasteiger partial charge in [-0.3, -0.25) is 38.4 Å². The summed E-state index contributed by atoms with van der Waals surface area (Å²) in [5, 5.41) is 32.8. The molecule has 0 aromatic rings. The lowest BCUT2D eigenvalue weighted by molar-refractivity contribution is -0.135. The fourth-order valence-corrected chi connectivity index (χ4v) is 9.46. The Labute approximate surface area is 467 Å². The zero-order valence-electron chi connectivity index (χ0n) is 47.9. The number of unbranched alkanes of at least 4 members (excludes halogenated alkanes) is 17. The molecule has 0 saturated carbocycles. The first-order valence-corrected chi connectivity index (χ1v) is 30.3. The number of aliphatic hydroxyl groups excluding tert-OH is 1. The summed E-state index contributed by atoms with van der Waals surface area (Å²) in [6, 6.07) is -6.65. The van der Waals surface area contributed by atoms with Crippen LogP contribution < -0.4 is 71.2 Å². The van der Waals surface area contributed by atoms with Gasteiger partial charge in [0.05, 0.1) is 19.1 Å². The van der Waals surface area contributed by atoms with Gasteiger partial charge in [0.25, 0.3) is 0 Å². The number of nitrogens with one attached hydrogen (secondary N) is 8. The zero-order valence-corrected chi connectivity index (χ0v) is 47.9. The molecule has 7 atom stereocenters. The van der Waals surface area contributed by atoms with Crippen LogP contribution in [0.1, 0.15) is 219 Å². The Hall–Kier alpha value is -4.48. The summed E-state index contributed by atoms with van der Waals surface area (Å²) >= 11 is 0. The lowest BCUT2D eigenvalue weighted by Gasteiger charge is -2.28. The Morgan fingerprint density at radius 1 is 0.500 bits per heavy atom. The Balaban J connectivity index is 3.26. The first-order chi connectivity index (χ1) is 37.7. The largest absolute Gasteiger partial charge is 0.393 e. The van der Waals surface area contributed by atoms with Crippen molar-refractivity contribution in [1.29, 1.82) is 0 Å². The van der Waals surface area contributed by atoms with Crippen LogP contribution in [0.4, 0.5) is 0 Å². The van der Waals surface area contributed by atoms with Crippen molar-refractivity contribution in [2.24, 2.45) is 28.7 Å². The van der Waals surface area contributed by atoms with E-state index < -0.39 is 96.2 Å². The van der Waals surface area contributed by atoms with E-state index in [0.29, 0.717) is 116 Å². The molecule has 452 valence electrons. The van der Waals surface area contributed by atoms with Gasteiger partial charge in [0.1, 0.15) is 36.3 Å². The van der Waals surface area contributed by atoms with E-state index in [0.717, 1.165) is 25.7 Å². The molecule has 0 aromatic heterocycles. The van der Waals surface area contributed by atoms with Crippen molar-refractivity contribution < 1.29 is 43.5 Å². The van der Waals surface area contributed by atoms with E-state index in [1.54, 1.807) is 0 Å². The monoisotopic (exact) mass is 1110 g/mol. The summed E-state index contributed by atoms with van der Waals surface area (Å²) in [5.74, 6) is -4.80. The Kier molecular flexibility index (Phi) is 43.4. The third-order valence-corrected chi connectivity index (χ3v) is 14.3. The van der Waals surface area contributed by atoms with Crippen molar-refractivity contribution in [3.63, 3.8) is 0 Å². The minimum atomic E-state index is -1.22. The minimum absolute atomic E-state index is 0.0665. The number of carbonyl (C=O) groups excluding carboxylic acids is 8. The average molecular weight is 1110 g/mol. The first kappa shape index (κ1) is 71.5. The molecule has 0 spiro atoms. The zero-order chi connectivity index (χ0) is 57.6. The van der Waals surface area contributed by atoms with E-state index >= 15 is 0 Å². The van der Waals surface area contributed by atoms with Gasteiger partial charge in [-0.15, -0.1) is 0 Å². The van der Waals surface area contributed by atoms with E-state index in [2.05, 4.69) is 49.5 Å². The van der Waals surface area contributed by atoms with Gasteiger partial charge in [0.15, 0.2) is 0 Å². The number of aliphatic hydroxyl groups is 1. The third-order valence-electron chi connectivity index (χ3n) is 14.3. The molecule has 0 aromatic carbocycles. The summed E-state index contributed by atoms with van der Waals surface area (Å²) in [6.45, 7) is 3.70. The molecule has 0 bridgehead atoms. The molecule has 1 heterocycles. The number of rotatable bonds is 41. The minimum Gasteiger partial charge on any atom is -0.393 e. The van der Waals surface area contributed by atoms with E-state index in [1.165, 1.54) is 57.8 Å². The number of hydrogen-bond donors (Lipinski definition) is 14. The second-order valence-electron chi connectivity index (χ2n) is 21.3. The molecule has 8 amide bonds. The van der Waals surface area contributed by atoms with Crippen molar-refractivity contribution >= 4 is 47.3 Å². The molecular formula is C56H109N13O9. The Morgan fingerprint density at radius 3 is 1.35 bits per heavy atom. The molecule has 7 unspecified atom stereocenters. The fraction of sp³-hybridized carbons (Fsp3) is 0.857. The standard InChI is InChI=1S/C56H109N13O9/c1-2-3-4-5-6-7-8-9-10-11-12-13-14-27-42(70)40-49(71)63-41-50(72)64-44(29-16-22-35-58)52(74)66-48-33-20-26-39-62-51(73)43(28-15-21-34-57)65-53(75)45(30-17-23-36-59)67-54(76)46(31-18-24-37-60)68-55(77)47(69-56(48)78)32-19-25-38-61/h42-48,70H,2-41,57-61H2,1H3,(H,62,73)(H,63,71)(H,64,72)(H,65,75)(H,66,74)(H,67,76)(H,68,77)(H,69,78). The smallest absolute Gasteiger partial charge is 0.243 e. The fourth-order valence-electron chi connectivity index (χ4n) is 9.46. The van der Waals surface area contributed by atoms with Crippen LogP contribution in [0.5, 0.6) is 0 Å². The van der Waals surface area contributed by atoms with Gasteiger partial charge < -0.3 is 76.3 Å². The number of carbonyl (C=O) groups is 8. The first-order valence-electron chi connectivity index (χ1n) is 30.3. The van der Waals surface area contributed by atoms with Crippen LogP contribution in [0.3, 0.4) is 0 Å². The molecule has 19 N–H and O–H groups in total. The van der Waals surface area contributed by atoms with Crippen LogP contribution in [0.25, 0.3) is 0 Å². The van der Waals surface area contributed by atoms with Crippen LogP contribution >= 0.6 is 0 Å². The van der Waals surface area contributed by atoms with Gasteiger partial charge >= 0.3 is 0 Å². The molecule has 1 rings (SSSR count). The molecular weight excluding hydrogens is 999 g/mol. The molecule has 78 heavy (non-hydrogen) atoms. The second kappa shape index (κ2) is 47.3. The van der Waals surface area contributed by atoms with Gasteiger partial charge in [0.2, 0.25) is 47.3 Å². The highest BCUT2D eigenvalue weighted by Crippen LogP contribution is 2.15. The van der Waals surface area contributed by atoms with E-state index in [1.807, 2.05) is 0 Å². The molecule has 0 aliphatic carbocycles. The highest BCUT2D eigenvalue weighted by molar-refractivity contribution is 5.97. The van der Waals surface area contributed by atoms with Gasteiger partial charge in [-0.2, -0.15) is 0 Å². The molecule has 0 radical (unpaired) electrons. The van der Waals surface area contributed by atoms with Crippen LogP contribution in [-0.4, -0.2) is 141 Å². The van der Waals surface area contributed by atoms with Crippen LogP contribution in [0.15, 0.2) is 0 Å². The summed E-state index contributed by atoms with van der Waals surface area (Å²) in [7, 11) is 0. The van der Waals surface area contributed by atoms with Gasteiger partial charge in [-0.05, 0) is 155 Å². The molecule has 1 aliphatic rings. The highest BCUT2D eigenvalue weighted by Gasteiger charge is 2.33. The van der Waals surface area contributed by atoms with E-state index in [-0.39, 0.29) is 51.5 Å². The van der Waals surface area contributed by atoms with Crippen molar-refractivity contribution in [3.05, 3.63) is 0 Å². The van der Waals surface area contributed by atoms with Crippen molar-refractivity contribution in [1.82, 2.24) is 42.5 Å². The summed E-state index contributed by atoms with van der Waals surface area (Å²) < 4.78 is 0. The molecule has 1 fully saturated rings. The maximum Gasteiger partial charge on any atom is 0.243 e. The predicted octanol–water partition coefficient (Wildman–Crippen LogP) is 2.19. The summed E-state index contributed by atoms with van der Waals surface area (Å²) in [4.78, 5) is 111. The topological polar surface area (TPSA) is 383 Å². The Bertz CT molecular complexity index is 1660.